The van der Waals surface area contributed by atoms with Crippen LogP contribution in [-0.2, 0) is 25.6 Å². The Morgan fingerprint density at radius 3 is 2.36 bits per heavy atom. The lowest BCUT2D eigenvalue weighted by atomic mass is 9.57. The summed E-state index contributed by atoms with van der Waals surface area (Å²) in [4.78, 5) is 55.8. The van der Waals surface area contributed by atoms with Gasteiger partial charge in [-0.25, -0.2) is 0 Å². The molecular weight excluding hydrogens is 582 g/mol. The predicted molar refractivity (Wildman–Crippen MR) is 165 cm³/mol. The zero-order valence-electron chi connectivity index (χ0n) is 25.9. The molecule has 0 radical (unpaired) electrons. The Labute approximate surface area is 260 Å². The number of benzene rings is 1. The minimum Gasteiger partial charge on any atom is -0.508 e. The minimum absolute atomic E-state index is 0.00793. The van der Waals surface area contributed by atoms with Crippen LogP contribution in [0, 0.1) is 17.3 Å². The summed E-state index contributed by atoms with van der Waals surface area (Å²) in [6, 6.07) is 0.711. The maximum Gasteiger partial charge on any atom is 0.255 e. The van der Waals surface area contributed by atoms with E-state index in [1.54, 1.807) is 39.2 Å². The molecule has 3 fully saturated rings. The molecule has 8 N–H and O–H groups in total. The monoisotopic (exact) mass is 623 g/mol. The summed E-state index contributed by atoms with van der Waals surface area (Å²) in [6.07, 6.45) is 5.85. The van der Waals surface area contributed by atoms with E-state index in [2.05, 4.69) is 10.6 Å². The van der Waals surface area contributed by atoms with E-state index < -0.39 is 63.8 Å². The number of amides is 2. The maximum absolute atomic E-state index is 14.1. The lowest BCUT2D eigenvalue weighted by molar-refractivity contribution is -0.153. The number of aromatic hydroxyl groups is 1. The molecule has 45 heavy (non-hydrogen) atoms. The second kappa shape index (κ2) is 10.6. The molecule has 2 amide bonds. The number of ketones is 2. The van der Waals surface area contributed by atoms with Gasteiger partial charge in [0.05, 0.1) is 23.8 Å². The van der Waals surface area contributed by atoms with Crippen LogP contribution in [0.5, 0.6) is 5.75 Å². The number of fused-ring (bicyclic) bond motifs is 3. The first-order chi connectivity index (χ1) is 21.1. The number of carbonyl (C=O) groups excluding carboxylic acids is 4. The van der Waals surface area contributed by atoms with E-state index in [9.17, 15) is 39.6 Å². The Balaban J connectivity index is 1.38. The van der Waals surface area contributed by atoms with E-state index >= 15 is 0 Å². The SMILES string of the molecule is CN(C)c1cc(NC(=O)CNC2CCC3(CC3)C2)c(O)c2c1C[C@H]1C[C@H]3[C@H](N(C)C)C(=O)C(C(N)=O)=C(O)[C@@]3(O)C(=O)C1=C2O. The van der Waals surface area contributed by atoms with Crippen molar-refractivity contribution in [3.63, 3.8) is 0 Å². The molecule has 0 bridgehead atoms. The highest BCUT2D eigenvalue weighted by molar-refractivity contribution is 6.24. The third-order valence-corrected chi connectivity index (χ3v) is 10.7. The number of aliphatic hydroxyl groups excluding tert-OH is 2. The van der Waals surface area contributed by atoms with Gasteiger partial charge < -0.3 is 41.7 Å². The highest BCUT2D eigenvalue weighted by atomic mass is 16.3. The number of carbonyl (C=O) groups is 4. The Morgan fingerprint density at radius 1 is 1.09 bits per heavy atom. The number of phenols is 1. The molecule has 1 unspecified atom stereocenters. The molecule has 1 aromatic carbocycles. The number of likely N-dealkylation sites (N-methyl/N-ethyl adjacent to an activating group) is 1. The van der Waals surface area contributed by atoms with Crippen molar-refractivity contribution in [1.82, 2.24) is 10.2 Å². The molecule has 5 aliphatic carbocycles. The number of nitrogens with zero attached hydrogens (tertiary/aromatic N) is 2. The number of nitrogens with one attached hydrogen (secondary N) is 2. The van der Waals surface area contributed by atoms with Crippen molar-refractivity contribution in [1.29, 1.82) is 0 Å². The summed E-state index contributed by atoms with van der Waals surface area (Å²) in [7, 11) is 6.64. The van der Waals surface area contributed by atoms with Crippen molar-refractivity contribution < 1.29 is 39.6 Å². The van der Waals surface area contributed by atoms with E-state index in [1.807, 2.05) is 0 Å². The van der Waals surface area contributed by atoms with Crippen molar-refractivity contribution in [2.45, 2.75) is 62.6 Å². The van der Waals surface area contributed by atoms with Gasteiger partial charge in [0.15, 0.2) is 11.4 Å². The highest BCUT2D eigenvalue weighted by Crippen LogP contribution is 2.58. The van der Waals surface area contributed by atoms with Crippen molar-refractivity contribution in [3.05, 3.63) is 34.1 Å². The standard InChI is InChI=1S/C32H41N5O8/c1-36(2)19-11-18(35-20(38)13-34-15-5-6-31(12-15)7-8-31)25(39)22-16(19)9-14-10-17-24(37(3)4)27(41)23(30(33)44)29(43)32(17,45)28(42)21(14)26(22)40/h11,14-15,17,24,34,39-40,43,45H,5-10,12-13H2,1-4H3,(H2,33,44)(H,35,38)/t14-,15?,17-,24-,32-/m0/s1. The van der Waals surface area contributed by atoms with Gasteiger partial charge in [-0.1, -0.05) is 0 Å². The van der Waals surface area contributed by atoms with Crippen LogP contribution >= 0.6 is 0 Å². The molecule has 6 rings (SSSR count). The average molecular weight is 624 g/mol. The normalized spacial score (nSPS) is 29.9. The van der Waals surface area contributed by atoms with Gasteiger partial charge in [0, 0.05) is 37.3 Å². The van der Waals surface area contributed by atoms with E-state index in [0.717, 1.165) is 19.3 Å². The molecule has 0 aliphatic heterocycles. The second-order valence-corrected chi connectivity index (χ2v) is 13.9. The summed E-state index contributed by atoms with van der Waals surface area (Å²) in [6.45, 7) is 0.0379. The summed E-state index contributed by atoms with van der Waals surface area (Å²) >= 11 is 0. The quantitative estimate of drug-likeness (QED) is 0.168. The zero-order chi connectivity index (χ0) is 32.7. The van der Waals surface area contributed by atoms with Gasteiger partial charge in [0.2, 0.25) is 11.7 Å². The Kier molecular flexibility index (Phi) is 7.29. The lowest BCUT2D eigenvalue weighted by Crippen LogP contribution is -2.65. The lowest BCUT2D eigenvalue weighted by Gasteiger charge is -2.50. The summed E-state index contributed by atoms with van der Waals surface area (Å²) in [5.41, 5.74) is 3.07. The number of anilines is 2. The smallest absolute Gasteiger partial charge is 0.255 e. The van der Waals surface area contributed by atoms with Crippen LogP contribution in [0.3, 0.4) is 0 Å². The number of rotatable bonds is 7. The van der Waals surface area contributed by atoms with Gasteiger partial charge in [-0.3, -0.25) is 24.1 Å². The number of nitrogens with two attached hydrogens (primary N) is 1. The van der Waals surface area contributed by atoms with E-state index in [4.69, 9.17) is 5.73 Å². The molecule has 242 valence electrons. The largest absolute Gasteiger partial charge is 0.508 e. The van der Waals surface area contributed by atoms with E-state index in [-0.39, 0.29) is 48.2 Å². The summed E-state index contributed by atoms with van der Waals surface area (Å²) < 4.78 is 0. The highest BCUT2D eigenvalue weighted by Gasteiger charge is 2.64. The first kappa shape index (κ1) is 31.1. The second-order valence-electron chi connectivity index (χ2n) is 13.9. The molecule has 13 nitrogen and oxygen atoms in total. The number of hydrogen-bond acceptors (Lipinski definition) is 11. The Bertz CT molecular complexity index is 1590. The molecule has 0 heterocycles. The van der Waals surface area contributed by atoms with E-state index in [1.165, 1.54) is 17.7 Å². The Hall–Kier alpha value is -3.94. The average Bonchev–Trinajstić information content (AvgIpc) is 3.59. The third-order valence-electron chi connectivity index (χ3n) is 10.7. The van der Waals surface area contributed by atoms with Crippen molar-refractivity contribution >= 4 is 40.5 Å². The fraction of sp³-hybridized carbons (Fsp3) is 0.562. The predicted octanol–water partition coefficient (Wildman–Crippen LogP) is 0.891. The van der Waals surface area contributed by atoms with Crippen molar-refractivity contribution in [2.75, 3.05) is 45.0 Å². The van der Waals surface area contributed by atoms with Crippen LogP contribution in [0.15, 0.2) is 23.0 Å². The fourth-order valence-electron chi connectivity index (χ4n) is 8.23. The third kappa shape index (κ3) is 4.70. The molecule has 5 aliphatic rings. The molecule has 1 spiro atoms. The van der Waals surface area contributed by atoms with Crippen LogP contribution < -0.4 is 21.3 Å². The number of phenolic OH excluding ortho intramolecular Hbond substituents is 1. The summed E-state index contributed by atoms with van der Waals surface area (Å²) in [5.74, 6) is -7.61. The van der Waals surface area contributed by atoms with Gasteiger partial charge in [0.1, 0.15) is 22.8 Å². The molecular formula is C32H41N5O8. The van der Waals surface area contributed by atoms with Crippen LogP contribution in [0.2, 0.25) is 0 Å². The van der Waals surface area contributed by atoms with Crippen LogP contribution in [0.1, 0.15) is 49.7 Å². The maximum atomic E-state index is 14.1. The van der Waals surface area contributed by atoms with Crippen LogP contribution in [0.4, 0.5) is 11.4 Å². The van der Waals surface area contributed by atoms with Gasteiger partial charge >= 0.3 is 0 Å². The molecule has 1 aromatic rings. The van der Waals surface area contributed by atoms with Crippen LogP contribution in [0.25, 0.3) is 5.76 Å². The number of primary amides is 1. The van der Waals surface area contributed by atoms with Crippen LogP contribution in [-0.4, -0.2) is 101 Å². The minimum atomic E-state index is -2.72. The number of Topliss-reactive ketones (excluding diaryl/α,β-unsaturated/α-hetero) is 2. The molecule has 0 aromatic heterocycles. The van der Waals surface area contributed by atoms with Crippen molar-refractivity contribution in [3.8, 4) is 5.75 Å². The number of aliphatic hydroxyl groups is 3. The zero-order valence-corrected chi connectivity index (χ0v) is 25.9. The first-order valence-electron chi connectivity index (χ1n) is 15.4. The number of hydrogen-bond donors (Lipinski definition) is 7. The van der Waals surface area contributed by atoms with Gasteiger partial charge in [0.25, 0.3) is 5.91 Å². The Morgan fingerprint density at radius 2 is 1.78 bits per heavy atom. The van der Waals surface area contributed by atoms with Gasteiger partial charge in [-0.2, -0.15) is 0 Å². The topological polar surface area (TPSA) is 206 Å². The fourth-order valence-corrected chi connectivity index (χ4v) is 8.23. The summed E-state index contributed by atoms with van der Waals surface area (Å²) in [5, 5.41) is 52.0. The first-order valence-corrected chi connectivity index (χ1v) is 15.4. The molecule has 13 heteroatoms. The van der Waals surface area contributed by atoms with E-state index in [0.29, 0.717) is 16.7 Å². The molecule has 5 atom stereocenters. The van der Waals surface area contributed by atoms with Gasteiger partial charge in [-0.15, -0.1) is 0 Å². The molecule has 3 saturated carbocycles. The molecule has 0 saturated heterocycles. The van der Waals surface area contributed by atoms with Crippen molar-refractivity contribution in [2.24, 2.45) is 23.0 Å². The van der Waals surface area contributed by atoms with Gasteiger partial charge in [-0.05, 0) is 82.0 Å².